The second-order valence-electron chi connectivity index (χ2n) is 5.24. The number of benzene rings is 1. The number of halogens is 1. The molecule has 0 spiro atoms. The highest BCUT2D eigenvalue weighted by atomic mass is 35.5. The number of primary amides is 1. The van der Waals surface area contributed by atoms with E-state index in [1.54, 1.807) is 11.9 Å². The topological polar surface area (TPSA) is 119 Å². The Bertz CT molecular complexity index is 637. The molecular weight excluding hydrogens is 356 g/mol. The maximum Gasteiger partial charge on any atom is 0.283 e. The zero-order chi connectivity index (χ0) is 17.0. The van der Waals surface area contributed by atoms with Crippen molar-refractivity contribution >= 4 is 41.7 Å². The summed E-state index contributed by atoms with van der Waals surface area (Å²) < 4.78 is 0. The van der Waals surface area contributed by atoms with Crippen LogP contribution in [0.15, 0.2) is 23.1 Å². The SMILES string of the molecule is CN(C(=O)CSc1ccc(C(N)=O)cc1[N+](=O)[O-])C1CCNC1.Cl. The first-order valence-corrected chi connectivity index (χ1v) is 8.06. The van der Waals surface area contributed by atoms with Gasteiger partial charge in [-0.1, -0.05) is 0 Å². The van der Waals surface area contributed by atoms with Gasteiger partial charge in [0.05, 0.1) is 15.6 Å². The quantitative estimate of drug-likeness (QED) is 0.436. The monoisotopic (exact) mass is 374 g/mol. The molecule has 0 aliphatic carbocycles. The normalized spacial score (nSPS) is 16.3. The molecule has 132 valence electrons. The molecule has 1 saturated heterocycles. The maximum atomic E-state index is 12.2. The third kappa shape index (κ3) is 4.83. The van der Waals surface area contributed by atoms with Gasteiger partial charge >= 0.3 is 0 Å². The van der Waals surface area contributed by atoms with E-state index in [4.69, 9.17) is 5.73 Å². The van der Waals surface area contributed by atoms with Gasteiger partial charge in [-0.2, -0.15) is 0 Å². The minimum absolute atomic E-state index is 0. The first kappa shape index (κ1) is 20.2. The van der Waals surface area contributed by atoms with Gasteiger partial charge in [0.15, 0.2) is 0 Å². The van der Waals surface area contributed by atoms with E-state index < -0.39 is 10.8 Å². The number of nitrogens with one attached hydrogen (secondary N) is 1. The standard InChI is InChI=1S/C14H18N4O4S.ClH/c1-17(10-4-5-16-7-10)13(19)8-23-12-3-2-9(14(15)20)6-11(12)18(21)22;/h2-3,6,10,16H,4-5,7-8H2,1H3,(H2,15,20);1H. The minimum Gasteiger partial charge on any atom is -0.366 e. The van der Waals surface area contributed by atoms with Gasteiger partial charge in [-0.05, 0) is 25.1 Å². The molecule has 1 aromatic rings. The van der Waals surface area contributed by atoms with E-state index in [2.05, 4.69) is 5.32 Å². The van der Waals surface area contributed by atoms with E-state index in [9.17, 15) is 19.7 Å². The fourth-order valence-corrected chi connectivity index (χ4v) is 3.28. The summed E-state index contributed by atoms with van der Waals surface area (Å²) in [6, 6.07) is 4.18. The Hall–Kier alpha value is -1.84. The third-order valence-corrected chi connectivity index (χ3v) is 4.81. The van der Waals surface area contributed by atoms with Crippen molar-refractivity contribution in [1.29, 1.82) is 0 Å². The molecule has 0 bridgehead atoms. The molecule has 2 rings (SSSR count). The highest BCUT2D eigenvalue weighted by Crippen LogP contribution is 2.30. The van der Waals surface area contributed by atoms with Crippen molar-refractivity contribution < 1.29 is 14.5 Å². The maximum absolute atomic E-state index is 12.2. The van der Waals surface area contributed by atoms with Crippen molar-refractivity contribution in [3.05, 3.63) is 33.9 Å². The fraction of sp³-hybridized carbons (Fsp3) is 0.429. The number of carbonyl (C=O) groups is 2. The van der Waals surface area contributed by atoms with Gasteiger partial charge in [-0.3, -0.25) is 19.7 Å². The lowest BCUT2D eigenvalue weighted by Gasteiger charge is -2.23. The molecule has 8 nitrogen and oxygen atoms in total. The number of thioether (sulfide) groups is 1. The zero-order valence-electron chi connectivity index (χ0n) is 13.1. The Morgan fingerprint density at radius 2 is 2.21 bits per heavy atom. The number of likely N-dealkylation sites (N-methyl/N-ethyl adjacent to an activating group) is 1. The van der Waals surface area contributed by atoms with Gasteiger partial charge in [0.1, 0.15) is 0 Å². The summed E-state index contributed by atoms with van der Waals surface area (Å²) in [5.41, 5.74) is 4.98. The van der Waals surface area contributed by atoms with Gasteiger partial charge < -0.3 is 16.0 Å². The molecule has 1 aliphatic heterocycles. The number of rotatable bonds is 6. The summed E-state index contributed by atoms with van der Waals surface area (Å²) >= 11 is 1.09. The molecule has 0 radical (unpaired) electrons. The summed E-state index contributed by atoms with van der Waals surface area (Å²) in [5.74, 6) is -0.713. The smallest absolute Gasteiger partial charge is 0.283 e. The van der Waals surface area contributed by atoms with Crippen molar-refractivity contribution in [3.8, 4) is 0 Å². The van der Waals surface area contributed by atoms with E-state index >= 15 is 0 Å². The van der Waals surface area contributed by atoms with Crippen LogP contribution in [0, 0.1) is 10.1 Å². The van der Waals surface area contributed by atoms with Crippen LogP contribution in [0.3, 0.4) is 0 Å². The molecule has 2 amide bonds. The minimum atomic E-state index is -0.728. The number of nitro groups is 1. The molecule has 1 fully saturated rings. The predicted molar refractivity (Wildman–Crippen MR) is 93.6 cm³/mol. The van der Waals surface area contributed by atoms with Crippen LogP contribution in [-0.4, -0.2) is 53.6 Å². The molecule has 1 atom stereocenters. The Kier molecular flexibility index (Phi) is 7.46. The van der Waals surface area contributed by atoms with Crippen LogP contribution in [0.4, 0.5) is 5.69 Å². The number of hydrogen-bond acceptors (Lipinski definition) is 6. The van der Waals surface area contributed by atoms with Gasteiger partial charge in [-0.15, -0.1) is 24.2 Å². The van der Waals surface area contributed by atoms with Crippen LogP contribution in [0.2, 0.25) is 0 Å². The number of amides is 2. The van der Waals surface area contributed by atoms with Crippen molar-refractivity contribution in [2.24, 2.45) is 5.73 Å². The van der Waals surface area contributed by atoms with Crippen molar-refractivity contribution in [2.75, 3.05) is 25.9 Å². The van der Waals surface area contributed by atoms with E-state index in [-0.39, 0.29) is 41.4 Å². The van der Waals surface area contributed by atoms with Crippen molar-refractivity contribution in [3.63, 3.8) is 0 Å². The molecule has 3 N–H and O–H groups in total. The first-order valence-electron chi connectivity index (χ1n) is 7.07. The molecule has 1 aromatic carbocycles. The van der Waals surface area contributed by atoms with Crippen LogP contribution in [0.1, 0.15) is 16.8 Å². The van der Waals surface area contributed by atoms with Crippen LogP contribution < -0.4 is 11.1 Å². The third-order valence-electron chi connectivity index (χ3n) is 3.77. The number of nitrogens with two attached hydrogens (primary N) is 1. The Morgan fingerprint density at radius 3 is 2.75 bits per heavy atom. The fourth-order valence-electron chi connectivity index (χ4n) is 2.35. The van der Waals surface area contributed by atoms with Crippen molar-refractivity contribution in [1.82, 2.24) is 10.2 Å². The summed E-state index contributed by atoms with van der Waals surface area (Å²) in [5, 5.41) is 14.3. The number of nitrogens with zero attached hydrogens (tertiary/aromatic N) is 2. The molecule has 1 unspecified atom stereocenters. The molecule has 1 heterocycles. The average Bonchev–Trinajstić information content (AvgIpc) is 3.05. The number of nitro benzene ring substituents is 1. The largest absolute Gasteiger partial charge is 0.366 e. The Balaban J connectivity index is 0.00000288. The summed E-state index contributed by atoms with van der Waals surface area (Å²) in [7, 11) is 1.74. The highest BCUT2D eigenvalue weighted by Gasteiger charge is 2.24. The second kappa shape index (κ2) is 8.86. The zero-order valence-corrected chi connectivity index (χ0v) is 14.7. The van der Waals surface area contributed by atoms with Crippen LogP contribution >= 0.6 is 24.2 Å². The van der Waals surface area contributed by atoms with Crippen LogP contribution in [0.25, 0.3) is 0 Å². The van der Waals surface area contributed by atoms with Gasteiger partial charge in [-0.25, -0.2) is 0 Å². The lowest BCUT2D eigenvalue weighted by molar-refractivity contribution is -0.387. The van der Waals surface area contributed by atoms with Gasteiger partial charge in [0.2, 0.25) is 11.8 Å². The summed E-state index contributed by atoms with van der Waals surface area (Å²) in [6.07, 6.45) is 0.903. The average molecular weight is 375 g/mol. The summed E-state index contributed by atoms with van der Waals surface area (Å²) in [4.78, 5) is 35.9. The first-order chi connectivity index (χ1) is 10.9. The molecule has 24 heavy (non-hydrogen) atoms. The number of hydrogen-bond donors (Lipinski definition) is 2. The van der Waals surface area contributed by atoms with Crippen LogP contribution in [-0.2, 0) is 4.79 Å². The molecule has 10 heteroatoms. The van der Waals surface area contributed by atoms with E-state index in [1.165, 1.54) is 12.1 Å². The lowest BCUT2D eigenvalue weighted by atomic mass is 10.2. The van der Waals surface area contributed by atoms with Gasteiger partial charge in [0, 0.05) is 31.3 Å². The number of carbonyl (C=O) groups excluding carboxylic acids is 2. The lowest BCUT2D eigenvalue weighted by Crippen LogP contribution is -2.39. The van der Waals surface area contributed by atoms with E-state index in [0.29, 0.717) is 4.90 Å². The predicted octanol–water partition coefficient (Wildman–Crippen LogP) is 1.03. The summed E-state index contributed by atoms with van der Waals surface area (Å²) in [6.45, 7) is 1.65. The molecule has 1 aliphatic rings. The molecule has 0 saturated carbocycles. The van der Waals surface area contributed by atoms with E-state index in [1.807, 2.05) is 0 Å². The van der Waals surface area contributed by atoms with Gasteiger partial charge in [0.25, 0.3) is 5.69 Å². The van der Waals surface area contributed by atoms with E-state index in [0.717, 1.165) is 37.3 Å². The molecular formula is C14H19ClN4O4S. The van der Waals surface area contributed by atoms with Crippen LogP contribution in [0.5, 0.6) is 0 Å². The van der Waals surface area contributed by atoms with Crippen molar-refractivity contribution in [2.45, 2.75) is 17.4 Å². The highest BCUT2D eigenvalue weighted by molar-refractivity contribution is 8.00. The Morgan fingerprint density at radius 1 is 1.50 bits per heavy atom. The second-order valence-corrected chi connectivity index (χ2v) is 6.26. The Labute approximate surface area is 149 Å². The molecule has 0 aromatic heterocycles.